The minimum Gasteiger partial charge on any atom is -0.497 e. The summed E-state index contributed by atoms with van der Waals surface area (Å²) in [6.07, 6.45) is 2.00. The largest absolute Gasteiger partial charge is 0.497 e. The number of aromatic nitrogens is 5. The molecule has 0 unspecified atom stereocenters. The van der Waals surface area contributed by atoms with E-state index >= 15 is 0 Å². The number of H-pyrrole nitrogens is 1. The lowest BCUT2D eigenvalue weighted by atomic mass is 9.96. The van der Waals surface area contributed by atoms with Gasteiger partial charge >= 0.3 is 0 Å². The van der Waals surface area contributed by atoms with Crippen molar-refractivity contribution < 1.29 is 4.74 Å². The first-order valence-electron chi connectivity index (χ1n) is 11.2. The van der Waals surface area contributed by atoms with Crippen LogP contribution in [0, 0.1) is 0 Å². The smallest absolute Gasteiger partial charge is 0.254 e. The van der Waals surface area contributed by atoms with E-state index in [0.29, 0.717) is 11.4 Å². The molecule has 1 aliphatic rings. The maximum Gasteiger partial charge on any atom is 0.254 e. The van der Waals surface area contributed by atoms with E-state index in [4.69, 9.17) is 4.74 Å². The number of nitrogens with one attached hydrogen (secondary N) is 1. The highest BCUT2D eigenvalue weighted by molar-refractivity contribution is 5.81. The molecule has 1 aliphatic heterocycles. The van der Waals surface area contributed by atoms with Crippen LogP contribution in [0.5, 0.6) is 5.75 Å². The van der Waals surface area contributed by atoms with Gasteiger partial charge in [0.1, 0.15) is 11.8 Å². The number of benzene rings is 2. The van der Waals surface area contributed by atoms with E-state index < -0.39 is 6.04 Å². The zero-order valence-corrected chi connectivity index (χ0v) is 19.4. The van der Waals surface area contributed by atoms with Crippen molar-refractivity contribution in [3.8, 4) is 5.75 Å². The van der Waals surface area contributed by atoms with E-state index in [-0.39, 0.29) is 11.1 Å². The normalized spacial score (nSPS) is 14.8. The van der Waals surface area contributed by atoms with Crippen molar-refractivity contribution in [3.05, 3.63) is 75.8 Å². The zero-order chi connectivity index (χ0) is 23.2. The maximum absolute atomic E-state index is 13.4. The first kappa shape index (κ1) is 21.2. The van der Waals surface area contributed by atoms with Gasteiger partial charge in [0.15, 0.2) is 5.82 Å². The van der Waals surface area contributed by atoms with E-state index in [9.17, 15) is 4.79 Å². The lowest BCUT2D eigenvalue weighted by Gasteiger charge is -2.38. The van der Waals surface area contributed by atoms with Gasteiger partial charge in [-0.3, -0.25) is 4.79 Å². The summed E-state index contributed by atoms with van der Waals surface area (Å²) in [6.45, 7) is 6.98. The van der Waals surface area contributed by atoms with Gasteiger partial charge < -0.3 is 14.6 Å². The molecule has 33 heavy (non-hydrogen) atoms. The minimum absolute atomic E-state index is 0.149. The third-order valence-corrected chi connectivity index (χ3v) is 6.21. The third kappa shape index (κ3) is 3.75. The van der Waals surface area contributed by atoms with Crippen LogP contribution in [0.1, 0.15) is 50.2 Å². The van der Waals surface area contributed by atoms with E-state index in [1.54, 1.807) is 7.11 Å². The molecule has 3 heterocycles. The predicted molar refractivity (Wildman–Crippen MR) is 128 cm³/mol. The van der Waals surface area contributed by atoms with Crippen molar-refractivity contribution in [2.75, 3.05) is 18.6 Å². The van der Waals surface area contributed by atoms with E-state index in [0.717, 1.165) is 41.7 Å². The van der Waals surface area contributed by atoms with Gasteiger partial charge in [0.05, 0.1) is 12.6 Å². The fraction of sp³-hybridized carbons (Fsp3) is 0.360. The summed E-state index contributed by atoms with van der Waals surface area (Å²) in [5.41, 5.74) is 3.25. The van der Waals surface area contributed by atoms with Crippen LogP contribution in [0.25, 0.3) is 10.9 Å². The molecule has 1 atom stereocenters. The molecule has 8 heteroatoms. The van der Waals surface area contributed by atoms with Crippen molar-refractivity contribution >= 4 is 16.6 Å². The van der Waals surface area contributed by atoms with E-state index in [1.807, 2.05) is 35.0 Å². The molecule has 0 saturated heterocycles. The molecule has 0 radical (unpaired) electrons. The van der Waals surface area contributed by atoms with Crippen LogP contribution in [0.4, 0.5) is 5.69 Å². The number of aromatic amines is 1. The Morgan fingerprint density at radius 2 is 1.94 bits per heavy atom. The van der Waals surface area contributed by atoms with E-state index in [1.165, 1.54) is 5.56 Å². The molecule has 170 valence electrons. The Balaban J connectivity index is 1.77. The number of rotatable bonds is 4. The van der Waals surface area contributed by atoms with Gasteiger partial charge in [0.2, 0.25) is 0 Å². The molecule has 1 N–H and O–H groups in total. The number of fused-ring (bicyclic) bond motifs is 2. The minimum atomic E-state index is -0.444. The molecular formula is C25H28N6O2. The lowest BCUT2D eigenvalue weighted by Crippen LogP contribution is -2.40. The Labute approximate surface area is 192 Å². The summed E-state index contributed by atoms with van der Waals surface area (Å²) >= 11 is 0. The first-order chi connectivity index (χ1) is 15.9. The number of methoxy groups -OCH3 is 1. The van der Waals surface area contributed by atoms with Gasteiger partial charge in [-0.1, -0.05) is 18.2 Å². The Hall–Kier alpha value is -3.68. The van der Waals surface area contributed by atoms with Crippen LogP contribution >= 0.6 is 0 Å². The molecule has 8 nitrogen and oxygen atoms in total. The van der Waals surface area contributed by atoms with Crippen molar-refractivity contribution in [2.24, 2.45) is 0 Å². The second-order valence-electron chi connectivity index (χ2n) is 9.45. The highest BCUT2D eigenvalue weighted by Crippen LogP contribution is 2.37. The average Bonchev–Trinajstić information content (AvgIpc) is 3.30. The maximum atomic E-state index is 13.4. The number of para-hydroxylation sites is 1. The second-order valence-corrected chi connectivity index (χ2v) is 9.45. The fourth-order valence-electron chi connectivity index (χ4n) is 4.65. The SMILES string of the molecule is COc1ccc2[nH]c(=O)c([C@H](c3nnnn3C(C)(C)C)N3CCCc4ccccc43)cc2c1. The molecule has 0 saturated carbocycles. The molecule has 4 aromatic rings. The van der Waals surface area contributed by atoms with Crippen LogP contribution < -0.4 is 15.2 Å². The number of nitrogens with zero attached hydrogens (tertiary/aromatic N) is 5. The quantitative estimate of drug-likeness (QED) is 0.515. The van der Waals surface area contributed by atoms with Gasteiger partial charge in [-0.05, 0) is 79.9 Å². The highest BCUT2D eigenvalue weighted by atomic mass is 16.5. The first-order valence-corrected chi connectivity index (χ1v) is 11.2. The van der Waals surface area contributed by atoms with Crippen molar-refractivity contribution in [3.63, 3.8) is 0 Å². The number of aryl methyl sites for hydroxylation is 1. The Morgan fingerprint density at radius 3 is 2.73 bits per heavy atom. The molecule has 0 bridgehead atoms. The van der Waals surface area contributed by atoms with Gasteiger partial charge in [0, 0.05) is 28.7 Å². The highest BCUT2D eigenvalue weighted by Gasteiger charge is 2.35. The van der Waals surface area contributed by atoms with Crippen molar-refractivity contribution in [1.82, 2.24) is 25.2 Å². The fourth-order valence-corrected chi connectivity index (χ4v) is 4.65. The average molecular weight is 445 g/mol. The van der Waals surface area contributed by atoms with E-state index in [2.05, 4.69) is 64.4 Å². The second kappa shape index (κ2) is 8.03. The summed E-state index contributed by atoms with van der Waals surface area (Å²) in [5, 5.41) is 13.7. The molecule has 0 amide bonds. The Bertz CT molecular complexity index is 1370. The molecule has 5 rings (SSSR count). The van der Waals surface area contributed by atoms with Crippen LogP contribution in [-0.2, 0) is 12.0 Å². The van der Waals surface area contributed by atoms with Crippen LogP contribution in [0.3, 0.4) is 0 Å². The summed E-state index contributed by atoms with van der Waals surface area (Å²) in [7, 11) is 1.64. The number of tetrazole rings is 1. The van der Waals surface area contributed by atoms with Crippen LogP contribution in [0.15, 0.2) is 53.3 Å². The molecule has 0 aliphatic carbocycles. The van der Waals surface area contributed by atoms with Crippen LogP contribution in [-0.4, -0.2) is 38.8 Å². The third-order valence-electron chi connectivity index (χ3n) is 6.21. The van der Waals surface area contributed by atoms with Gasteiger partial charge in [-0.2, -0.15) is 0 Å². The van der Waals surface area contributed by atoms with Gasteiger partial charge in [-0.15, -0.1) is 5.10 Å². The molecule has 0 fully saturated rings. The van der Waals surface area contributed by atoms with Gasteiger partial charge in [0.25, 0.3) is 5.56 Å². The van der Waals surface area contributed by atoms with Gasteiger partial charge in [-0.25, -0.2) is 4.68 Å². The lowest BCUT2D eigenvalue weighted by molar-refractivity contribution is 0.329. The molecule has 2 aromatic heterocycles. The Kier molecular flexibility index (Phi) is 5.15. The van der Waals surface area contributed by atoms with Crippen LogP contribution in [0.2, 0.25) is 0 Å². The Morgan fingerprint density at radius 1 is 1.12 bits per heavy atom. The molecular weight excluding hydrogens is 416 g/mol. The molecule has 2 aromatic carbocycles. The number of hydrogen-bond donors (Lipinski definition) is 1. The summed E-state index contributed by atoms with van der Waals surface area (Å²) in [5.74, 6) is 1.38. The monoisotopic (exact) mass is 444 g/mol. The summed E-state index contributed by atoms with van der Waals surface area (Å²) in [6, 6.07) is 15.5. The number of hydrogen-bond acceptors (Lipinski definition) is 6. The number of pyridine rings is 1. The topological polar surface area (TPSA) is 88.9 Å². The number of anilines is 1. The summed E-state index contributed by atoms with van der Waals surface area (Å²) < 4.78 is 7.24. The van der Waals surface area contributed by atoms with Crippen molar-refractivity contribution in [1.29, 1.82) is 0 Å². The standard InChI is InChI=1S/C25H28N6O2/c1-25(2,3)31-23(27-28-29-31)22(30-13-7-9-16-8-5-6-10-21(16)30)19-15-17-14-18(33-4)11-12-20(17)26-24(19)32/h5-6,8,10-12,14-15,22H,7,9,13H2,1-4H3,(H,26,32)/t22-/m1/s1. The zero-order valence-electron chi connectivity index (χ0n) is 19.4. The number of ether oxygens (including phenoxy) is 1. The summed E-state index contributed by atoms with van der Waals surface area (Å²) in [4.78, 5) is 18.8. The molecule has 0 spiro atoms. The predicted octanol–water partition coefficient (Wildman–Crippen LogP) is 3.82. The van der Waals surface area contributed by atoms with Crippen molar-refractivity contribution in [2.45, 2.75) is 45.2 Å².